The summed E-state index contributed by atoms with van der Waals surface area (Å²) in [6, 6.07) is 3.91. The lowest BCUT2D eigenvalue weighted by atomic mass is 10.2. The Morgan fingerprint density at radius 2 is 2.33 bits per heavy atom. The van der Waals surface area contributed by atoms with Gasteiger partial charge >= 0.3 is 5.97 Å². The van der Waals surface area contributed by atoms with E-state index in [1.807, 2.05) is 19.1 Å². The molecule has 18 heavy (non-hydrogen) atoms. The Kier molecular flexibility index (Phi) is 2.29. The van der Waals surface area contributed by atoms with Gasteiger partial charge in [-0.05, 0) is 24.6 Å². The van der Waals surface area contributed by atoms with Crippen molar-refractivity contribution in [1.82, 2.24) is 9.55 Å². The fraction of sp³-hybridized carbons (Fsp3) is 0.385. The predicted molar refractivity (Wildman–Crippen MR) is 68.0 cm³/mol. The van der Waals surface area contributed by atoms with Gasteiger partial charge in [0.2, 0.25) is 0 Å². The monoisotopic (exact) mass is 245 g/mol. The maximum Gasteiger partial charge on any atom is 0.303 e. The number of hydrogen-bond donors (Lipinski definition) is 1. The van der Waals surface area contributed by atoms with Gasteiger partial charge in [0.25, 0.3) is 0 Å². The van der Waals surface area contributed by atoms with Crippen LogP contribution in [0.4, 0.5) is 5.69 Å². The van der Waals surface area contributed by atoms with E-state index in [1.54, 1.807) is 0 Å². The Morgan fingerprint density at radius 3 is 3.06 bits per heavy atom. The summed E-state index contributed by atoms with van der Waals surface area (Å²) in [5.41, 5.74) is 9.64. The number of aryl methyl sites for hydroxylation is 2. The van der Waals surface area contributed by atoms with Crippen molar-refractivity contribution < 1.29 is 9.53 Å². The van der Waals surface area contributed by atoms with Crippen molar-refractivity contribution >= 4 is 22.7 Å². The zero-order valence-corrected chi connectivity index (χ0v) is 10.4. The van der Waals surface area contributed by atoms with Crippen LogP contribution < -0.4 is 5.73 Å². The molecule has 1 aromatic carbocycles. The predicted octanol–water partition coefficient (Wildman–Crippen LogP) is 1.93. The summed E-state index contributed by atoms with van der Waals surface area (Å²) in [4.78, 5) is 15.6. The van der Waals surface area contributed by atoms with Gasteiger partial charge < -0.3 is 15.0 Å². The summed E-state index contributed by atoms with van der Waals surface area (Å²) in [5, 5.41) is 0. The third-order valence-corrected chi connectivity index (χ3v) is 3.38. The highest BCUT2D eigenvalue weighted by Crippen LogP contribution is 2.33. The molecule has 0 saturated heterocycles. The summed E-state index contributed by atoms with van der Waals surface area (Å²) in [6.07, 6.45) is 0.558. The second-order valence-electron chi connectivity index (χ2n) is 4.71. The SMILES string of the molecule is CC(=O)OC1CCn2c1nc1cc(C)c(N)cc12. The van der Waals surface area contributed by atoms with Crippen LogP contribution in [0.2, 0.25) is 0 Å². The van der Waals surface area contributed by atoms with E-state index in [0.29, 0.717) is 0 Å². The van der Waals surface area contributed by atoms with E-state index in [-0.39, 0.29) is 12.1 Å². The molecule has 1 aliphatic heterocycles. The van der Waals surface area contributed by atoms with E-state index >= 15 is 0 Å². The molecule has 0 fully saturated rings. The molecule has 0 radical (unpaired) electrons. The van der Waals surface area contributed by atoms with Gasteiger partial charge in [-0.3, -0.25) is 4.79 Å². The molecule has 1 atom stereocenters. The van der Waals surface area contributed by atoms with Crippen molar-refractivity contribution in [3.8, 4) is 0 Å². The molecule has 0 amide bonds. The number of carbonyl (C=O) groups is 1. The smallest absolute Gasteiger partial charge is 0.303 e. The molecule has 1 aliphatic rings. The van der Waals surface area contributed by atoms with Gasteiger partial charge in [-0.15, -0.1) is 0 Å². The van der Waals surface area contributed by atoms with Gasteiger partial charge in [0, 0.05) is 25.6 Å². The Morgan fingerprint density at radius 1 is 1.56 bits per heavy atom. The second-order valence-corrected chi connectivity index (χ2v) is 4.71. The molecule has 0 aliphatic carbocycles. The topological polar surface area (TPSA) is 70.1 Å². The van der Waals surface area contributed by atoms with Crippen LogP contribution in [0, 0.1) is 6.92 Å². The molecule has 5 nitrogen and oxygen atoms in total. The number of nitrogens with zero attached hydrogens (tertiary/aromatic N) is 2. The first-order valence-electron chi connectivity index (χ1n) is 5.99. The van der Waals surface area contributed by atoms with E-state index in [1.165, 1.54) is 6.92 Å². The number of fused-ring (bicyclic) bond motifs is 3. The van der Waals surface area contributed by atoms with Crippen molar-refractivity contribution in [2.45, 2.75) is 32.9 Å². The summed E-state index contributed by atoms with van der Waals surface area (Å²) in [6.45, 7) is 4.20. The number of aromatic nitrogens is 2. The van der Waals surface area contributed by atoms with Crippen LogP contribution in [0.25, 0.3) is 11.0 Å². The van der Waals surface area contributed by atoms with Gasteiger partial charge in [-0.1, -0.05) is 0 Å². The standard InChI is InChI=1S/C13H15N3O2/c1-7-5-10-11(6-9(7)14)16-4-3-12(13(16)15-10)18-8(2)17/h5-6,12H,3-4,14H2,1-2H3. The largest absolute Gasteiger partial charge is 0.454 e. The Balaban J connectivity index is 2.12. The van der Waals surface area contributed by atoms with Crippen molar-refractivity contribution in [2.24, 2.45) is 0 Å². The van der Waals surface area contributed by atoms with Gasteiger partial charge in [-0.25, -0.2) is 4.98 Å². The molecular formula is C13H15N3O2. The zero-order valence-electron chi connectivity index (χ0n) is 10.4. The van der Waals surface area contributed by atoms with E-state index in [4.69, 9.17) is 10.5 Å². The molecule has 2 N–H and O–H groups in total. The number of benzene rings is 1. The van der Waals surface area contributed by atoms with E-state index in [0.717, 1.165) is 41.1 Å². The lowest BCUT2D eigenvalue weighted by molar-refractivity contribution is -0.146. The highest BCUT2D eigenvalue weighted by Gasteiger charge is 2.28. The molecule has 1 aromatic heterocycles. The van der Waals surface area contributed by atoms with Gasteiger partial charge in [0.05, 0.1) is 11.0 Å². The first kappa shape index (κ1) is 11.1. The van der Waals surface area contributed by atoms with E-state index in [9.17, 15) is 4.79 Å². The van der Waals surface area contributed by atoms with Crippen molar-refractivity contribution in [3.05, 3.63) is 23.5 Å². The van der Waals surface area contributed by atoms with Gasteiger partial charge in [0.15, 0.2) is 11.9 Å². The normalized spacial score (nSPS) is 18.0. The molecule has 0 saturated carbocycles. The molecule has 0 bridgehead atoms. The molecule has 2 heterocycles. The third-order valence-electron chi connectivity index (χ3n) is 3.38. The zero-order chi connectivity index (χ0) is 12.9. The summed E-state index contributed by atoms with van der Waals surface area (Å²) >= 11 is 0. The Hall–Kier alpha value is -2.04. The van der Waals surface area contributed by atoms with Crippen LogP contribution in [0.1, 0.15) is 30.8 Å². The maximum atomic E-state index is 11.1. The van der Waals surface area contributed by atoms with Crippen molar-refractivity contribution in [2.75, 3.05) is 5.73 Å². The lowest BCUT2D eigenvalue weighted by Gasteiger charge is -2.07. The number of anilines is 1. The van der Waals surface area contributed by atoms with Crippen LogP contribution in [-0.2, 0) is 16.1 Å². The minimum Gasteiger partial charge on any atom is -0.454 e. The number of ether oxygens (including phenoxy) is 1. The van der Waals surface area contributed by atoms with E-state index in [2.05, 4.69) is 9.55 Å². The van der Waals surface area contributed by atoms with Crippen molar-refractivity contribution in [3.63, 3.8) is 0 Å². The molecular weight excluding hydrogens is 230 g/mol. The van der Waals surface area contributed by atoms with E-state index < -0.39 is 0 Å². The Bertz CT molecular complexity index is 645. The number of rotatable bonds is 1. The molecule has 3 rings (SSSR count). The number of nitrogen functional groups attached to an aromatic ring is 1. The lowest BCUT2D eigenvalue weighted by Crippen LogP contribution is -2.06. The number of nitrogens with two attached hydrogens (primary N) is 1. The maximum absolute atomic E-state index is 11.1. The second kappa shape index (κ2) is 3.73. The summed E-state index contributed by atoms with van der Waals surface area (Å²) in [5.74, 6) is 0.557. The fourth-order valence-electron chi connectivity index (χ4n) is 2.48. The first-order chi connectivity index (χ1) is 8.56. The minimum atomic E-state index is -0.267. The van der Waals surface area contributed by atoms with Gasteiger partial charge in [0.1, 0.15) is 0 Å². The Labute approximate surface area is 105 Å². The average Bonchev–Trinajstić information content (AvgIpc) is 2.80. The van der Waals surface area contributed by atoms with Crippen molar-refractivity contribution in [1.29, 1.82) is 0 Å². The quantitative estimate of drug-likeness (QED) is 0.615. The first-order valence-corrected chi connectivity index (χ1v) is 5.99. The molecule has 1 unspecified atom stereocenters. The number of imidazole rings is 1. The average molecular weight is 245 g/mol. The highest BCUT2D eigenvalue weighted by molar-refractivity contribution is 5.82. The van der Waals surface area contributed by atoms with Crippen LogP contribution in [0.15, 0.2) is 12.1 Å². The number of esters is 1. The molecule has 2 aromatic rings. The van der Waals surface area contributed by atoms with Crippen LogP contribution in [0.5, 0.6) is 0 Å². The summed E-state index contributed by atoms with van der Waals surface area (Å²) in [7, 11) is 0. The molecule has 0 spiro atoms. The molecule has 5 heteroatoms. The fourth-order valence-corrected chi connectivity index (χ4v) is 2.48. The third kappa shape index (κ3) is 1.54. The molecule has 94 valence electrons. The summed E-state index contributed by atoms with van der Waals surface area (Å²) < 4.78 is 7.36. The van der Waals surface area contributed by atoms with Crippen LogP contribution in [-0.4, -0.2) is 15.5 Å². The van der Waals surface area contributed by atoms with Crippen LogP contribution in [0.3, 0.4) is 0 Å². The van der Waals surface area contributed by atoms with Gasteiger partial charge in [-0.2, -0.15) is 0 Å². The number of hydrogen-bond acceptors (Lipinski definition) is 4. The number of carbonyl (C=O) groups excluding carboxylic acids is 1. The highest BCUT2D eigenvalue weighted by atomic mass is 16.5. The minimum absolute atomic E-state index is 0.226. The van der Waals surface area contributed by atoms with Crippen LogP contribution >= 0.6 is 0 Å².